The Labute approximate surface area is 102 Å². The molecule has 0 aliphatic carbocycles. The van der Waals surface area contributed by atoms with Crippen LogP contribution in [0.5, 0.6) is 0 Å². The van der Waals surface area contributed by atoms with E-state index in [2.05, 4.69) is 37.9 Å². The number of rotatable bonds is 6. The molecule has 16 heavy (non-hydrogen) atoms. The fourth-order valence-electron chi connectivity index (χ4n) is 2.82. The lowest BCUT2D eigenvalue weighted by molar-refractivity contribution is 0.128. The predicted molar refractivity (Wildman–Crippen MR) is 71.8 cm³/mol. The van der Waals surface area contributed by atoms with E-state index in [0.717, 1.165) is 17.9 Å². The van der Waals surface area contributed by atoms with Crippen molar-refractivity contribution in [3.63, 3.8) is 0 Å². The average molecular weight is 226 g/mol. The fraction of sp³-hybridized carbons (Fsp3) is 1.00. The van der Waals surface area contributed by atoms with Crippen LogP contribution >= 0.6 is 0 Å². The Morgan fingerprint density at radius 1 is 1.19 bits per heavy atom. The van der Waals surface area contributed by atoms with E-state index in [0.29, 0.717) is 0 Å². The minimum atomic E-state index is 0.773. The summed E-state index contributed by atoms with van der Waals surface area (Å²) < 4.78 is 0. The quantitative estimate of drug-likeness (QED) is 0.749. The standard InChI is InChI=1S/C14H30N2/c1-5-13(6-2)11-16(7-3)14-8-12(4)9-15-10-14/h12-15H,5-11H2,1-4H3. The second kappa shape index (κ2) is 7.29. The van der Waals surface area contributed by atoms with Gasteiger partial charge in [-0.15, -0.1) is 0 Å². The maximum atomic E-state index is 3.57. The minimum Gasteiger partial charge on any atom is -0.315 e. The molecule has 2 heteroatoms. The molecular weight excluding hydrogens is 196 g/mol. The molecule has 0 bridgehead atoms. The zero-order chi connectivity index (χ0) is 12.0. The number of hydrogen-bond donors (Lipinski definition) is 1. The molecule has 1 N–H and O–H groups in total. The lowest BCUT2D eigenvalue weighted by atomic mass is 9.94. The first-order valence-corrected chi connectivity index (χ1v) is 7.15. The predicted octanol–water partition coefficient (Wildman–Crippen LogP) is 2.74. The Morgan fingerprint density at radius 2 is 1.88 bits per heavy atom. The first-order chi connectivity index (χ1) is 7.71. The largest absolute Gasteiger partial charge is 0.315 e. The third kappa shape index (κ3) is 4.06. The highest BCUT2D eigenvalue weighted by Gasteiger charge is 2.24. The van der Waals surface area contributed by atoms with Crippen molar-refractivity contribution in [1.29, 1.82) is 0 Å². The summed E-state index contributed by atoms with van der Waals surface area (Å²) in [5, 5.41) is 3.57. The van der Waals surface area contributed by atoms with Crippen molar-refractivity contribution < 1.29 is 0 Å². The molecule has 0 radical (unpaired) electrons. The van der Waals surface area contributed by atoms with Gasteiger partial charge in [0.15, 0.2) is 0 Å². The maximum Gasteiger partial charge on any atom is 0.0223 e. The van der Waals surface area contributed by atoms with Gasteiger partial charge in [0.2, 0.25) is 0 Å². The lowest BCUT2D eigenvalue weighted by Gasteiger charge is -2.38. The molecule has 1 saturated heterocycles. The summed E-state index contributed by atoms with van der Waals surface area (Å²) in [4.78, 5) is 2.69. The number of nitrogens with zero attached hydrogens (tertiary/aromatic N) is 1. The summed E-state index contributed by atoms with van der Waals surface area (Å²) >= 11 is 0. The van der Waals surface area contributed by atoms with E-state index in [4.69, 9.17) is 0 Å². The molecule has 2 atom stereocenters. The molecule has 1 aliphatic rings. The first kappa shape index (κ1) is 14.0. The Morgan fingerprint density at radius 3 is 2.38 bits per heavy atom. The Balaban J connectivity index is 2.45. The van der Waals surface area contributed by atoms with Crippen LogP contribution < -0.4 is 5.32 Å². The molecular formula is C14H30N2. The van der Waals surface area contributed by atoms with Gasteiger partial charge in [-0.25, -0.2) is 0 Å². The second-order valence-electron chi connectivity index (χ2n) is 5.42. The van der Waals surface area contributed by atoms with Gasteiger partial charge in [0, 0.05) is 19.1 Å². The highest BCUT2D eigenvalue weighted by molar-refractivity contribution is 4.82. The van der Waals surface area contributed by atoms with Gasteiger partial charge in [0.05, 0.1) is 0 Å². The minimum absolute atomic E-state index is 0.773. The molecule has 1 heterocycles. The van der Waals surface area contributed by atoms with Crippen LogP contribution in [0.25, 0.3) is 0 Å². The lowest BCUT2D eigenvalue weighted by Crippen LogP contribution is -2.49. The number of nitrogens with one attached hydrogen (secondary N) is 1. The van der Waals surface area contributed by atoms with Crippen LogP contribution in [-0.4, -0.2) is 37.1 Å². The van der Waals surface area contributed by atoms with Crippen LogP contribution in [0.1, 0.15) is 47.0 Å². The number of hydrogen-bond acceptors (Lipinski definition) is 2. The highest BCUT2D eigenvalue weighted by Crippen LogP contribution is 2.18. The average Bonchev–Trinajstić information content (AvgIpc) is 2.31. The van der Waals surface area contributed by atoms with Gasteiger partial charge in [-0.2, -0.15) is 0 Å². The molecule has 0 spiro atoms. The SMILES string of the molecule is CCC(CC)CN(CC)C1CNCC(C)C1. The zero-order valence-electron chi connectivity index (χ0n) is 11.6. The van der Waals surface area contributed by atoms with E-state index in [1.54, 1.807) is 0 Å². The Kier molecular flexibility index (Phi) is 6.37. The third-order valence-corrected chi connectivity index (χ3v) is 4.12. The molecule has 2 unspecified atom stereocenters. The van der Waals surface area contributed by atoms with Gasteiger partial charge in [0.25, 0.3) is 0 Å². The molecule has 2 nitrogen and oxygen atoms in total. The molecule has 0 aromatic carbocycles. The number of likely N-dealkylation sites (N-methyl/N-ethyl adjacent to an activating group) is 1. The summed E-state index contributed by atoms with van der Waals surface area (Å²) in [5.74, 6) is 1.73. The van der Waals surface area contributed by atoms with Crippen LogP contribution in [0.2, 0.25) is 0 Å². The zero-order valence-corrected chi connectivity index (χ0v) is 11.6. The Bertz CT molecular complexity index is 178. The van der Waals surface area contributed by atoms with Crippen LogP contribution in [0, 0.1) is 11.8 Å². The van der Waals surface area contributed by atoms with E-state index in [-0.39, 0.29) is 0 Å². The van der Waals surface area contributed by atoms with Crippen molar-refractivity contribution in [2.24, 2.45) is 11.8 Å². The van der Waals surface area contributed by atoms with Gasteiger partial charge >= 0.3 is 0 Å². The van der Waals surface area contributed by atoms with E-state index >= 15 is 0 Å². The van der Waals surface area contributed by atoms with Gasteiger partial charge in [-0.1, -0.05) is 40.5 Å². The Hall–Kier alpha value is -0.0800. The molecule has 1 aliphatic heterocycles. The van der Waals surface area contributed by atoms with Crippen LogP contribution in [-0.2, 0) is 0 Å². The maximum absolute atomic E-state index is 3.57. The fourth-order valence-corrected chi connectivity index (χ4v) is 2.82. The van der Waals surface area contributed by atoms with Gasteiger partial charge in [0.1, 0.15) is 0 Å². The van der Waals surface area contributed by atoms with E-state index < -0.39 is 0 Å². The van der Waals surface area contributed by atoms with Gasteiger partial charge in [-0.05, 0) is 31.3 Å². The molecule has 0 saturated carbocycles. The van der Waals surface area contributed by atoms with E-state index in [1.807, 2.05) is 0 Å². The van der Waals surface area contributed by atoms with Crippen molar-refractivity contribution >= 4 is 0 Å². The summed E-state index contributed by atoms with van der Waals surface area (Å²) in [6, 6.07) is 0.773. The smallest absolute Gasteiger partial charge is 0.0223 e. The summed E-state index contributed by atoms with van der Waals surface area (Å²) in [6.45, 7) is 14.2. The molecule has 0 aromatic heterocycles. The number of piperidine rings is 1. The van der Waals surface area contributed by atoms with E-state index in [9.17, 15) is 0 Å². The molecule has 1 rings (SSSR count). The monoisotopic (exact) mass is 226 g/mol. The molecule has 1 fully saturated rings. The summed E-state index contributed by atoms with van der Waals surface area (Å²) in [7, 11) is 0. The molecule has 0 aromatic rings. The normalized spacial score (nSPS) is 26.6. The molecule has 0 amide bonds. The summed E-state index contributed by atoms with van der Waals surface area (Å²) in [6.07, 6.45) is 4.02. The van der Waals surface area contributed by atoms with Crippen molar-refractivity contribution in [2.75, 3.05) is 26.2 Å². The van der Waals surface area contributed by atoms with Gasteiger partial charge < -0.3 is 5.32 Å². The van der Waals surface area contributed by atoms with Crippen LogP contribution in [0.4, 0.5) is 0 Å². The molecule has 96 valence electrons. The van der Waals surface area contributed by atoms with E-state index in [1.165, 1.54) is 45.4 Å². The van der Waals surface area contributed by atoms with Crippen molar-refractivity contribution in [3.8, 4) is 0 Å². The highest BCUT2D eigenvalue weighted by atomic mass is 15.2. The topological polar surface area (TPSA) is 15.3 Å². The van der Waals surface area contributed by atoms with Gasteiger partial charge in [-0.3, -0.25) is 4.90 Å². The van der Waals surface area contributed by atoms with Crippen molar-refractivity contribution in [3.05, 3.63) is 0 Å². The second-order valence-corrected chi connectivity index (χ2v) is 5.42. The summed E-state index contributed by atoms with van der Waals surface area (Å²) in [5.41, 5.74) is 0. The first-order valence-electron chi connectivity index (χ1n) is 7.15. The third-order valence-electron chi connectivity index (χ3n) is 4.12. The van der Waals surface area contributed by atoms with Crippen LogP contribution in [0.15, 0.2) is 0 Å². The van der Waals surface area contributed by atoms with Crippen LogP contribution in [0.3, 0.4) is 0 Å². The van der Waals surface area contributed by atoms with Crippen molar-refractivity contribution in [2.45, 2.75) is 53.0 Å². The van der Waals surface area contributed by atoms with Crippen molar-refractivity contribution in [1.82, 2.24) is 10.2 Å².